The van der Waals surface area contributed by atoms with Crippen molar-refractivity contribution >= 4 is 17.9 Å². The standard InChI is InChI=1S/C75H134O6/c1-4-7-10-13-16-19-22-24-26-28-30-32-34-36-37-39-40-42-44-46-48-50-53-56-59-62-65-68-74(77)80-71-72(70-79-73(76)67-64-61-58-55-52-21-18-15-12-9-6-3)81-75(78)69-66-63-60-57-54-51-49-47-45-43-41-38-35-33-31-29-27-25-23-20-17-14-11-8-5-2/h8,11,17,20,22,24-25,27-28,30-31,33,72H,4-7,9-10,12-16,18-19,21,23,26,29,32,34-71H2,1-3H3/b11-8-,20-17-,24-22-,27-25-,30-28-,33-31-. The summed E-state index contributed by atoms with van der Waals surface area (Å²) in [6, 6.07) is 0. The molecule has 0 aliphatic heterocycles. The van der Waals surface area contributed by atoms with Crippen molar-refractivity contribution in [3.05, 3.63) is 72.9 Å². The van der Waals surface area contributed by atoms with E-state index in [9.17, 15) is 14.4 Å². The molecule has 0 heterocycles. The Balaban J connectivity index is 4.20. The molecule has 1 atom stereocenters. The average Bonchev–Trinajstić information content (AvgIpc) is 3.47. The molecule has 0 aromatic carbocycles. The van der Waals surface area contributed by atoms with E-state index < -0.39 is 6.10 Å². The van der Waals surface area contributed by atoms with Gasteiger partial charge in [-0.25, -0.2) is 0 Å². The zero-order chi connectivity index (χ0) is 58.5. The molecule has 0 N–H and O–H groups in total. The highest BCUT2D eigenvalue weighted by atomic mass is 16.6. The highest BCUT2D eigenvalue weighted by Gasteiger charge is 2.19. The van der Waals surface area contributed by atoms with Gasteiger partial charge in [-0.1, -0.05) is 331 Å². The highest BCUT2D eigenvalue weighted by molar-refractivity contribution is 5.71. The molecule has 470 valence electrons. The van der Waals surface area contributed by atoms with E-state index in [-0.39, 0.29) is 31.1 Å². The molecule has 0 bridgehead atoms. The van der Waals surface area contributed by atoms with Crippen LogP contribution in [-0.4, -0.2) is 37.2 Å². The van der Waals surface area contributed by atoms with Gasteiger partial charge in [0.2, 0.25) is 0 Å². The molecule has 0 fully saturated rings. The molecule has 0 aromatic rings. The van der Waals surface area contributed by atoms with Crippen LogP contribution in [-0.2, 0) is 28.6 Å². The summed E-state index contributed by atoms with van der Waals surface area (Å²) in [6.45, 7) is 6.56. The SMILES string of the molecule is CC/C=C\C/C=C\C/C=C\C/C=C\CCCCCCCCCCCCCCC(=O)OC(COC(=O)CCCCCCCCCCCCC)COC(=O)CCCCCCCCCCCCCCCCC/C=C\C/C=C\CCCCCCC. The number of hydrogen-bond acceptors (Lipinski definition) is 6. The number of carbonyl (C=O) groups is 3. The molecule has 0 saturated carbocycles. The fourth-order valence-electron chi connectivity index (χ4n) is 10.4. The third kappa shape index (κ3) is 67.5. The van der Waals surface area contributed by atoms with Crippen molar-refractivity contribution < 1.29 is 28.6 Å². The summed E-state index contributed by atoms with van der Waals surface area (Å²) >= 11 is 0. The van der Waals surface area contributed by atoms with Crippen molar-refractivity contribution in [3.8, 4) is 0 Å². The minimum absolute atomic E-state index is 0.0712. The van der Waals surface area contributed by atoms with Gasteiger partial charge in [-0.05, 0) is 89.9 Å². The maximum absolute atomic E-state index is 12.9. The first kappa shape index (κ1) is 77.9. The van der Waals surface area contributed by atoms with Crippen molar-refractivity contribution in [1.29, 1.82) is 0 Å². The Labute approximate surface area is 503 Å². The molecule has 6 heteroatoms. The monoisotopic (exact) mass is 1130 g/mol. The average molecular weight is 1130 g/mol. The normalized spacial score (nSPS) is 12.5. The van der Waals surface area contributed by atoms with E-state index in [1.165, 1.54) is 238 Å². The number of ether oxygens (including phenoxy) is 3. The zero-order valence-corrected chi connectivity index (χ0v) is 54.1. The number of esters is 3. The lowest BCUT2D eigenvalue weighted by Crippen LogP contribution is -2.30. The zero-order valence-electron chi connectivity index (χ0n) is 54.1. The molecule has 0 saturated heterocycles. The van der Waals surface area contributed by atoms with Crippen LogP contribution in [0.2, 0.25) is 0 Å². The first-order chi connectivity index (χ1) is 40.0. The van der Waals surface area contributed by atoms with Crippen molar-refractivity contribution in [2.24, 2.45) is 0 Å². The molecule has 0 rings (SSSR count). The lowest BCUT2D eigenvalue weighted by molar-refractivity contribution is -0.167. The second kappa shape index (κ2) is 69.3. The Hall–Kier alpha value is -3.15. The summed E-state index contributed by atoms with van der Waals surface area (Å²) in [5, 5.41) is 0. The molecule has 0 aromatic heterocycles. The van der Waals surface area contributed by atoms with Crippen molar-refractivity contribution in [3.63, 3.8) is 0 Å². The van der Waals surface area contributed by atoms with Gasteiger partial charge in [0.05, 0.1) is 0 Å². The van der Waals surface area contributed by atoms with Crippen molar-refractivity contribution in [2.45, 2.75) is 374 Å². The maximum atomic E-state index is 12.9. The largest absolute Gasteiger partial charge is 0.462 e. The third-order valence-electron chi connectivity index (χ3n) is 15.7. The molecule has 1 unspecified atom stereocenters. The summed E-state index contributed by atoms with van der Waals surface area (Å²) in [5.74, 6) is -0.853. The molecule has 0 spiro atoms. The van der Waals surface area contributed by atoms with Gasteiger partial charge in [0.15, 0.2) is 6.10 Å². The van der Waals surface area contributed by atoms with Crippen LogP contribution < -0.4 is 0 Å². The van der Waals surface area contributed by atoms with E-state index >= 15 is 0 Å². The van der Waals surface area contributed by atoms with Crippen LogP contribution in [0.1, 0.15) is 367 Å². The molecular weight excluding hydrogens is 997 g/mol. The first-order valence-corrected chi connectivity index (χ1v) is 35.4. The predicted octanol–water partition coefficient (Wildman–Crippen LogP) is 24.4. The van der Waals surface area contributed by atoms with E-state index in [1.54, 1.807) is 0 Å². The van der Waals surface area contributed by atoms with E-state index in [2.05, 4.69) is 93.7 Å². The van der Waals surface area contributed by atoms with Crippen LogP contribution >= 0.6 is 0 Å². The topological polar surface area (TPSA) is 78.9 Å². The van der Waals surface area contributed by atoms with Crippen molar-refractivity contribution in [2.75, 3.05) is 13.2 Å². The van der Waals surface area contributed by atoms with Crippen LogP contribution in [0.3, 0.4) is 0 Å². The lowest BCUT2D eigenvalue weighted by Gasteiger charge is -2.18. The molecule has 81 heavy (non-hydrogen) atoms. The maximum Gasteiger partial charge on any atom is 0.306 e. The lowest BCUT2D eigenvalue weighted by atomic mass is 10.0. The molecule has 0 radical (unpaired) electrons. The second-order valence-corrected chi connectivity index (χ2v) is 23.8. The molecule has 0 amide bonds. The van der Waals surface area contributed by atoms with Gasteiger partial charge >= 0.3 is 17.9 Å². The summed E-state index contributed by atoms with van der Waals surface area (Å²) in [5.41, 5.74) is 0. The first-order valence-electron chi connectivity index (χ1n) is 35.4. The summed E-state index contributed by atoms with van der Waals surface area (Å²) in [4.78, 5) is 38.4. The van der Waals surface area contributed by atoms with Crippen LogP contribution in [0.4, 0.5) is 0 Å². The number of rotatable bonds is 65. The second-order valence-electron chi connectivity index (χ2n) is 23.8. The number of allylic oxidation sites excluding steroid dienone is 12. The Morgan fingerprint density at radius 2 is 0.481 bits per heavy atom. The van der Waals surface area contributed by atoms with E-state index in [0.29, 0.717) is 19.3 Å². The fraction of sp³-hybridized carbons (Fsp3) is 0.800. The van der Waals surface area contributed by atoms with Gasteiger partial charge in [-0.3, -0.25) is 14.4 Å². The number of unbranched alkanes of at least 4 members (excludes halogenated alkanes) is 42. The van der Waals surface area contributed by atoms with E-state index in [4.69, 9.17) is 14.2 Å². The molecule has 6 nitrogen and oxygen atoms in total. The van der Waals surface area contributed by atoms with Gasteiger partial charge in [-0.15, -0.1) is 0 Å². The summed E-state index contributed by atoms with van der Waals surface area (Å²) < 4.78 is 17.0. The Morgan fingerprint density at radius 1 is 0.259 bits per heavy atom. The van der Waals surface area contributed by atoms with Crippen molar-refractivity contribution in [1.82, 2.24) is 0 Å². The minimum Gasteiger partial charge on any atom is -0.462 e. The summed E-state index contributed by atoms with van der Waals surface area (Å²) in [7, 11) is 0. The quantitative estimate of drug-likeness (QED) is 0.0261. The van der Waals surface area contributed by atoms with E-state index in [1.807, 2.05) is 0 Å². The smallest absolute Gasteiger partial charge is 0.306 e. The summed E-state index contributed by atoms with van der Waals surface area (Å²) in [6.07, 6.45) is 90.8. The Kier molecular flexibility index (Phi) is 66.6. The van der Waals surface area contributed by atoms with Crippen LogP contribution in [0.5, 0.6) is 0 Å². The van der Waals surface area contributed by atoms with Gasteiger partial charge < -0.3 is 14.2 Å². The van der Waals surface area contributed by atoms with Crippen LogP contribution in [0, 0.1) is 0 Å². The number of carbonyl (C=O) groups excluding carboxylic acids is 3. The van der Waals surface area contributed by atoms with Gasteiger partial charge in [-0.2, -0.15) is 0 Å². The van der Waals surface area contributed by atoms with Gasteiger partial charge in [0, 0.05) is 19.3 Å². The molecule has 0 aliphatic rings. The van der Waals surface area contributed by atoms with Crippen LogP contribution in [0.25, 0.3) is 0 Å². The molecule has 0 aliphatic carbocycles. The minimum atomic E-state index is -0.775. The van der Waals surface area contributed by atoms with Gasteiger partial charge in [0.1, 0.15) is 13.2 Å². The predicted molar refractivity (Wildman–Crippen MR) is 353 cm³/mol. The van der Waals surface area contributed by atoms with E-state index in [0.717, 1.165) is 89.9 Å². The van der Waals surface area contributed by atoms with Gasteiger partial charge in [0.25, 0.3) is 0 Å². The molecular formula is C75H134O6. The highest BCUT2D eigenvalue weighted by Crippen LogP contribution is 2.18. The fourth-order valence-corrected chi connectivity index (χ4v) is 10.4. The third-order valence-corrected chi connectivity index (χ3v) is 15.7. The Bertz CT molecular complexity index is 1490. The van der Waals surface area contributed by atoms with Crippen LogP contribution in [0.15, 0.2) is 72.9 Å². The number of hydrogen-bond donors (Lipinski definition) is 0. The Morgan fingerprint density at radius 3 is 0.753 bits per heavy atom.